The molecule has 27 heavy (non-hydrogen) atoms. The summed E-state index contributed by atoms with van der Waals surface area (Å²) in [7, 11) is 7.32. The third kappa shape index (κ3) is 5.39. The second-order valence-corrected chi connectivity index (χ2v) is 6.94. The molecule has 148 valence electrons. The molecule has 0 radical (unpaired) electrons. The summed E-state index contributed by atoms with van der Waals surface area (Å²) in [4.78, 5) is 6.45. The van der Waals surface area contributed by atoms with Gasteiger partial charge in [-0.05, 0) is 24.0 Å². The van der Waals surface area contributed by atoms with Crippen LogP contribution in [0.2, 0.25) is 0 Å². The van der Waals surface area contributed by atoms with Gasteiger partial charge in [-0.25, -0.2) is 0 Å². The van der Waals surface area contributed by atoms with Crippen molar-refractivity contribution in [1.82, 2.24) is 20.0 Å². The summed E-state index contributed by atoms with van der Waals surface area (Å²) in [5.74, 6) is 2.08. The van der Waals surface area contributed by atoms with Crippen molar-refractivity contribution in [3.8, 4) is 11.5 Å². The van der Waals surface area contributed by atoms with Crippen molar-refractivity contribution < 1.29 is 9.84 Å². The number of phenols is 1. The van der Waals surface area contributed by atoms with Crippen LogP contribution in [0, 0.1) is 0 Å². The highest BCUT2D eigenvalue weighted by Gasteiger charge is 2.15. The van der Waals surface area contributed by atoms with Crippen molar-refractivity contribution in [2.24, 2.45) is 12.0 Å². The average molecular weight is 374 g/mol. The number of phenolic OH excluding ortho intramolecular Hbond substituents is 1. The molecule has 0 saturated carbocycles. The standard InChI is InChI=1S/C20H31N5O2/c1-14(2)19-16(13-25(5)23-19)12-24(4)20(21-3)22-10-9-15-7-8-17(27-6)11-18(15)26/h7-8,11,13-14,26H,9-10,12H2,1-6H3,(H,21,22). The zero-order valence-corrected chi connectivity index (χ0v) is 17.2. The first-order valence-corrected chi connectivity index (χ1v) is 9.15. The quantitative estimate of drug-likeness (QED) is 0.576. The Morgan fingerprint density at radius 1 is 1.37 bits per heavy atom. The van der Waals surface area contributed by atoms with E-state index >= 15 is 0 Å². The monoisotopic (exact) mass is 373 g/mol. The van der Waals surface area contributed by atoms with Crippen LogP contribution < -0.4 is 10.1 Å². The Labute approximate surface area is 161 Å². The van der Waals surface area contributed by atoms with Crippen LogP contribution >= 0.6 is 0 Å². The lowest BCUT2D eigenvalue weighted by molar-refractivity contribution is 0.406. The van der Waals surface area contributed by atoms with Gasteiger partial charge in [0.05, 0.1) is 12.8 Å². The molecule has 7 heteroatoms. The van der Waals surface area contributed by atoms with Gasteiger partial charge in [0, 0.05) is 52.1 Å². The van der Waals surface area contributed by atoms with Crippen molar-refractivity contribution in [3.05, 3.63) is 41.2 Å². The van der Waals surface area contributed by atoms with Crippen molar-refractivity contribution >= 4 is 5.96 Å². The maximum Gasteiger partial charge on any atom is 0.193 e. The number of methoxy groups -OCH3 is 1. The van der Waals surface area contributed by atoms with Crippen molar-refractivity contribution in [2.75, 3.05) is 27.7 Å². The van der Waals surface area contributed by atoms with E-state index in [0.29, 0.717) is 24.6 Å². The molecule has 2 rings (SSSR count). The third-order valence-electron chi connectivity index (χ3n) is 4.43. The minimum absolute atomic E-state index is 0.247. The van der Waals surface area contributed by atoms with E-state index in [1.165, 1.54) is 5.56 Å². The molecule has 1 aromatic heterocycles. The Morgan fingerprint density at radius 3 is 2.70 bits per heavy atom. The Bertz CT molecular complexity index is 783. The number of aryl methyl sites for hydroxylation is 1. The Balaban J connectivity index is 1.95. The number of nitrogens with one attached hydrogen (secondary N) is 1. The molecule has 0 fully saturated rings. The number of nitrogens with zero attached hydrogens (tertiary/aromatic N) is 4. The highest BCUT2D eigenvalue weighted by Crippen LogP contribution is 2.23. The molecule has 0 aliphatic heterocycles. The van der Waals surface area contributed by atoms with Gasteiger partial charge < -0.3 is 20.1 Å². The van der Waals surface area contributed by atoms with E-state index in [1.54, 1.807) is 20.2 Å². The zero-order chi connectivity index (χ0) is 20.0. The first-order chi connectivity index (χ1) is 12.8. The van der Waals surface area contributed by atoms with Gasteiger partial charge >= 0.3 is 0 Å². The summed E-state index contributed by atoms with van der Waals surface area (Å²) in [6.07, 6.45) is 2.75. The summed E-state index contributed by atoms with van der Waals surface area (Å²) in [6.45, 7) is 5.70. The van der Waals surface area contributed by atoms with Gasteiger partial charge in [-0.15, -0.1) is 0 Å². The average Bonchev–Trinajstić information content (AvgIpc) is 3.00. The summed E-state index contributed by atoms with van der Waals surface area (Å²) in [6, 6.07) is 5.37. The highest BCUT2D eigenvalue weighted by atomic mass is 16.5. The first kappa shape index (κ1) is 20.6. The SMILES string of the molecule is CN=C(NCCc1ccc(OC)cc1O)N(C)Cc1cn(C)nc1C(C)C. The van der Waals surface area contributed by atoms with E-state index in [9.17, 15) is 5.11 Å². The zero-order valence-electron chi connectivity index (χ0n) is 17.2. The first-order valence-electron chi connectivity index (χ1n) is 9.15. The number of aromatic nitrogens is 2. The lowest BCUT2D eigenvalue weighted by atomic mass is 10.1. The molecule has 0 amide bonds. The van der Waals surface area contributed by atoms with E-state index in [4.69, 9.17) is 4.74 Å². The molecule has 0 aliphatic rings. The van der Waals surface area contributed by atoms with Crippen LogP contribution in [0.15, 0.2) is 29.4 Å². The minimum Gasteiger partial charge on any atom is -0.508 e. The number of hydrogen-bond donors (Lipinski definition) is 2. The van der Waals surface area contributed by atoms with Crippen molar-refractivity contribution in [2.45, 2.75) is 32.7 Å². The van der Waals surface area contributed by atoms with Crippen LogP contribution in [0.1, 0.15) is 36.6 Å². The number of aliphatic imine (C=N–C) groups is 1. The predicted molar refractivity (Wildman–Crippen MR) is 108 cm³/mol. The normalized spacial score (nSPS) is 11.7. The fourth-order valence-electron chi connectivity index (χ4n) is 3.07. The summed E-state index contributed by atoms with van der Waals surface area (Å²) < 4.78 is 6.98. The van der Waals surface area contributed by atoms with E-state index < -0.39 is 0 Å². The molecule has 7 nitrogen and oxygen atoms in total. The van der Waals surface area contributed by atoms with Crippen LogP contribution in [0.5, 0.6) is 11.5 Å². The minimum atomic E-state index is 0.247. The molecule has 1 aromatic carbocycles. The van der Waals surface area contributed by atoms with E-state index in [-0.39, 0.29) is 5.75 Å². The van der Waals surface area contributed by atoms with Gasteiger partial charge in [0.25, 0.3) is 0 Å². The van der Waals surface area contributed by atoms with Gasteiger partial charge in [0.1, 0.15) is 11.5 Å². The van der Waals surface area contributed by atoms with Crippen molar-refractivity contribution in [1.29, 1.82) is 0 Å². The van der Waals surface area contributed by atoms with E-state index in [1.807, 2.05) is 30.9 Å². The third-order valence-corrected chi connectivity index (χ3v) is 4.43. The number of hydrogen-bond acceptors (Lipinski definition) is 4. The molecule has 1 heterocycles. The van der Waals surface area contributed by atoms with Crippen LogP contribution in [0.25, 0.3) is 0 Å². The fourth-order valence-corrected chi connectivity index (χ4v) is 3.07. The molecule has 0 aliphatic carbocycles. The summed E-state index contributed by atoms with van der Waals surface area (Å²) >= 11 is 0. The fraction of sp³-hybridized carbons (Fsp3) is 0.500. The number of benzene rings is 1. The van der Waals surface area contributed by atoms with Gasteiger partial charge in [0.2, 0.25) is 0 Å². The maximum absolute atomic E-state index is 10.1. The van der Waals surface area contributed by atoms with Crippen molar-refractivity contribution in [3.63, 3.8) is 0 Å². The van der Waals surface area contributed by atoms with E-state index in [0.717, 1.165) is 23.8 Å². The predicted octanol–water partition coefficient (Wildman–Crippen LogP) is 2.51. The molecular weight excluding hydrogens is 342 g/mol. The smallest absolute Gasteiger partial charge is 0.193 e. The molecule has 0 bridgehead atoms. The molecule has 0 spiro atoms. The highest BCUT2D eigenvalue weighted by molar-refractivity contribution is 5.79. The Hall–Kier alpha value is -2.70. The lowest BCUT2D eigenvalue weighted by Crippen LogP contribution is -2.39. The van der Waals surface area contributed by atoms with Crippen LogP contribution in [0.4, 0.5) is 0 Å². The largest absolute Gasteiger partial charge is 0.508 e. The second-order valence-electron chi connectivity index (χ2n) is 6.94. The molecule has 2 N–H and O–H groups in total. The Morgan fingerprint density at radius 2 is 2.11 bits per heavy atom. The molecular formula is C20H31N5O2. The molecule has 2 aromatic rings. The lowest BCUT2D eigenvalue weighted by Gasteiger charge is -2.22. The van der Waals surface area contributed by atoms with Gasteiger partial charge in [-0.3, -0.25) is 9.67 Å². The molecule has 0 saturated heterocycles. The second kappa shape index (κ2) is 9.30. The topological polar surface area (TPSA) is 74.9 Å². The van der Waals surface area contributed by atoms with E-state index in [2.05, 4.69) is 40.4 Å². The number of ether oxygens (including phenoxy) is 1. The Kier molecular flexibility index (Phi) is 7.10. The van der Waals surface area contributed by atoms with Gasteiger partial charge in [-0.2, -0.15) is 5.10 Å². The molecule has 0 atom stereocenters. The van der Waals surface area contributed by atoms with Crippen LogP contribution in [-0.2, 0) is 20.0 Å². The number of rotatable bonds is 7. The maximum atomic E-state index is 10.1. The van der Waals surface area contributed by atoms with Gasteiger partial charge in [-0.1, -0.05) is 19.9 Å². The van der Waals surface area contributed by atoms with Crippen LogP contribution in [0.3, 0.4) is 0 Å². The number of guanidine groups is 1. The van der Waals surface area contributed by atoms with Crippen LogP contribution in [-0.4, -0.2) is 53.5 Å². The number of aromatic hydroxyl groups is 1. The molecule has 0 unspecified atom stereocenters. The summed E-state index contributed by atoms with van der Waals surface area (Å²) in [5.41, 5.74) is 3.18. The summed E-state index contributed by atoms with van der Waals surface area (Å²) in [5, 5.41) is 18.0. The van der Waals surface area contributed by atoms with Gasteiger partial charge in [0.15, 0.2) is 5.96 Å².